The Bertz CT molecular complexity index is 419. The maximum Gasteiger partial charge on any atom is 0.290 e. The summed E-state index contributed by atoms with van der Waals surface area (Å²) in [5.74, 6) is 0.192. The molecule has 1 aromatic rings. The van der Waals surface area contributed by atoms with Gasteiger partial charge < -0.3 is 0 Å². The summed E-state index contributed by atoms with van der Waals surface area (Å²) in [5, 5.41) is 0. The number of aryl methyl sites for hydroxylation is 1. The summed E-state index contributed by atoms with van der Waals surface area (Å²) in [7, 11) is 0. The second-order valence-electron chi connectivity index (χ2n) is 2.77. The minimum Gasteiger partial charge on any atom is -0.266 e. The molecule has 63 valence electrons. The van der Waals surface area contributed by atoms with Crippen LogP contribution in [0.2, 0.25) is 0 Å². The van der Waals surface area contributed by atoms with Gasteiger partial charge in [-0.3, -0.25) is 4.79 Å². The quantitative estimate of drug-likeness (QED) is 0.625. The molecule has 1 aliphatic rings. The van der Waals surface area contributed by atoms with Crippen LogP contribution in [0.5, 0.6) is 0 Å². The fraction of sp³-hybridized carbons (Fsp3) is 0.100. The number of amides is 1. The second kappa shape index (κ2) is 2.94. The van der Waals surface area contributed by atoms with Crippen LogP contribution in [0.25, 0.3) is 0 Å². The Kier molecular flexibility index (Phi) is 1.77. The zero-order valence-corrected chi connectivity index (χ0v) is 7.11. The predicted octanol–water partition coefficient (Wildman–Crippen LogP) is 1.15. The van der Waals surface area contributed by atoms with Gasteiger partial charge in [-0.1, -0.05) is 12.1 Å². The highest BCUT2D eigenvalue weighted by molar-refractivity contribution is 6.36. The number of rotatable bonds is 1. The van der Waals surface area contributed by atoms with Crippen molar-refractivity contribution < 1.29 is 4.79 Å². The number of carbonyl (C=O) groups is 1. The van der Waals surface area contributed by atoms with Crippen LogP contribution in [0.1, 0.15) is 11.1 Å². The van der Waals surface area contributed by atoms with Gasteiger partial charge >= 0.3 is 0 Å². The monoisotopic (exact) mass is 171 g/mol. The molecule has 3 heteroatoms. The van der Waals surface area contributed by atoms with E-state index in [2.05, 4.69) is 16.1 Å². The average molecular weight is 171 g/mol. The molecule has 2 rings (SSSR count). The number of amidine groups is 1. The summed E-state index contributed by atoms with van der Waals surface area (Å²) in [6.45, 7) is 1.95. The predicted molar refractivity (Wildman–Crippen MR) is 50.1 cm³/mol. The molecule has 1 aliphatic heterocycles. The molecule has 1 aromatic carbocycles. The third kappa shape index (κ3) is 1.40. The lowest BCUT2D eigenvalue weighted by Crippen LogP contribution is -1.97. The summed E-state index contributed by atoms with van der Waals surface area (Å²) in [6.07, 6.45) is 1.22. The van der Waals surface area contributed by atoms with Gasteiger partial charge in [-0.05, 0) is 24.6 Å². The van der Waals surface area contributed by atoms with Gasteiger partial charge in [0.1, 0.15) is 0 Å². The van der Waals surface area contributed by atoms with Gasteiger partial charge in [0, 0.05) is 5.56 Å². The zero-order chi connectivity index (χ0) is 9.26. The molecule has 0 N–H and O–H groups in total. The van der Waals surface area contributed by atoms with Crippen LogP contribution in [-0.2, 0) is 4.79 Å². The van der Waals surface area contributed by atoms with Gasteiger partial charge in [-0.25, -0.2) is 4.99 Å². The summed E-state index contributed by atoms with van der Waals surface area (Å²) in [4.78, 5) is 18.4. The van der Waals surface area contributed by atoms with E-state index in [9.17, 15) is 4.79 Å². The normalized spacial score (nSPS) is 14.8. The van der Waals surface area contributed by atoms with E-state index in [-0.39, 0.29) is 5.91 Å². The van der Waals surface area contributed by atoms with Crippen molar-refractivity contribution in [2.45, 2.75) is 6.92 Å². The van der Waals surface area contributed by atoms with E-state index in [1.165, 1.54) is 6.21 Å². The van der Waals surface area contributed by atoms with E-state index in [0.717, 1.165) is 11.1 Å². The third-order valence-electron chi connectivity index (χ3n) is 1.84. The first-order valence-electron chi connectivity index (χ1n) is 3.91. The molecule has 3 nitrogen and oxygen atoms in total. The molecule has 1 radical (unpaired) electrons. The first kappa shape index (κ1) is 7.86. The molecule has 0 bridgehead atoms. The molecule has 0 saturated heterocycles. The van der Waals surface area contributed by atoms with E-state index in [0.29, 0.717) is 5.84 Å². The molecule has 0 aliphatic carbocycles. The van der Waals surface area contributed by atoms with Gasteiger partial charge in [-0.15, -0.1) is 0 Å². The van der Waals surface area contributed by atoms with Crippen LogP contribution < -0.4 is 0 Å². The lowest BCUT2D eigenvalue weighted by atomic mass is 10.1. The summed E-state index contributed by atoms with van der Waals surface area (Å²) >= 11 is 0. The van der Waals surface area contributed by atoms with Gasteiger partial charge in [-0.2, -0.15) is 4.99 Å². The van der Waals surface area contributed by atoms with E-state index < -0.39 is 0 Å². The fourth-order valence-electron chi connectivity index (χ4n) is 1.16. The fourth-order valence-corrected chi connectivity index (χ4v) is 1.16. The highest BCUT2D eigenvalue weighted by atomic mass is 16.1. The number of hydrogen-bond donors (Lipinski definition) is 0. The first-order chi connectivity index (χ1) is 6.27. The van der Waals surface area contributed by atoms with Crippen LogP contribution in [0.15, 0.2) is 28.2 Å². The lowest BCUT2D eigenvalue weighted by molar-refractivity contribution is -0.111. The Morgan fingerprint density at radius 1 is 1.46 bits per heavy atom. The number of benzene rings is 1. The smallest absolute Gasteiger partial charge is 0.266 e. The van der Waals surface area contributed by atoms with Crippen molar-refractivity contribution in [3.05, 3.63) is 35.4 Å². The molecule has 1 amide bonds. The first-order valence-corrected chi connectivity index (χ1v) is 3.91. The standard InChI is InChI=1S/C10H7N2O/c1-7-4-2-3-5-8(7)10-11-6-9(13)12-10/h2,4-6H,1H3. The van der Waals surface area contributed by atoms with Crippen LogP contribution >= 0.6 is 0 Å². The number of hydrogen-bond acceptors (Lipinski definition) is 2. The largest absolute Gasteiger partial charge is 0.290 e. The maximum atomic E-state index is 10.8. The minimum atomic E-state index is -0.293. The Balaban J connectivity index is 2.48. The Morgan fingerprint density at radius 2 is 2.31 bits per heavy atom. The van der Waals surface area contributed by atoms with E-state index in [1.54, 1.807) is 6.07 Å². The van der Waals surface area contributed by atoms with Crippen LogP contribution in [0, 0.1) is 13.0 Å². The van der Waals surface area contributed by atoms with Gasteiger partial charge in [0.2, 0.25) is 0 Å². The van der Waals surface area contributed by atoms with Crippen molar-refractivity contribution in [1.29, 1.82) is 0 Å². The van der Waals surface area contributed by atoms with Crippen LogP contribution in [0.3, 0.4) is 0 Å². The highest BCUT2D eigenvalue weighted by Crippen LogP contribution is 2.10. The van der Waals surface area contributed by atoms with Crippen molar-refractivity contribution in [2.75, 3.05) is 0 Å². The summed E-state index contributed by atoms with van der Waals surface area (Å²) in [5.41, 5.74) is 1.91. The van der Waals surface area contributed by atoms with E-state index in [1.807, 2.05) is 19.1 Å². The highest BCUT2D eigenvalue weighted by Gasteiger charge is 2.11. The van der Waals surface area contributed by atoms with E-state index >= 15 is 0 Å². The van der Waals surface area contributed by atoms with Crippen molar-refractivity contribution in [3.63, 3.8) is 0 Å². The Labute approximate surface area is 75.8 Å². The Morgan fingerprint density at radius 3 is 2.92 bits per heavy atom. The lowest BCUT2D eigenvalue weighted by Gasteiger charge is -2.00. The molecule has 0 spiro atoms. The van der Waals surface area contributed by atoms with Gasteiger partial charge in [0.15, 0.2) is 5.84 Å². The molecule has 0 aromatic heterocycles. The number of carbonyl (C=O) groups excluding carboxylic acids is 1. The molecule has 1 heterocycles. The van der Waals surface area contributed by atoms with Gasteiger partial charge in [0.25, 0.3) is 5.91 Å². The summed E-state index contributed by atoms with van der Waals surface area (Å²) in [6, 6.07) is 8.44. The van der Waals surface area contributed by atoms with Crippen molar-refractivity contribution in [1.82, 2.24) is 0 Å². The van der Waals surface area contributed by atoms with Crippen molar-refractivity contribution in [3.8, 4) is 0 Å². The maximum absolute atomic E-state index is 10.8. The van der Waals surface area contributed by atoms with Crippen LogP contribution in [0.4, 0.5) is 0 Å². The zero-order valence-electron chi connectivity index (χ0n) is 7.11. The van der Waals surface area contributed by atoms with Crippen LogP contribution in [-0.4, -0.2) is 18.0 Å². The molecule has 0 atom stereocenters. The van der Waals surface area contributed by atoms with E-state index in [4.69, 9.17) is 0 Å². The molecular weight excluding hydrogens is 164 g/mol. The Hall–Kier alpha value is -1.77. The topological polar surface area (TPSA) is 41.8 Å². The minimum absolute atomic E-state index is 0.293. The van der Waals surface area contributed by atoms with Gasteiger partial charge in [0.05, 0.1) is 6.21 Å². The molecule has 13 heavy (non-hydrogen) atoms. The average Bonchev–Trinajstić information content (AvgIpc) is 2.53. The SMILES string of the molecule is Cc1cc[c]cc1C1=NC(=O)C=N1. The van der Waals surface area contributed by atoms with Crippen molar-refractivity contribution in [2.24, 2.45) is 9.98 Å². The number of aliphatic imine (C=N–C) groups is 2. The third-order valence-corrected chi connectivity index (χ3v) is 1.84. The molecule has 0 unspecified atom stereocenters. The number of nitrogens with zero attached hydrogens (tertiary/aromatic N) is 2. The second-order valence-corrected chi connectivity index (χ2v) is 2.77. The van der Waals surface area contributed by atoms with Crippen molar-refractivity contribution >= 4 is 18.0 Å². The molecular formula is C10H7N2O. The summed E-state index contributed by atoms with van der Waals surface area (Å²) < 4.78 is 0. The molecule has 0 fully saturated rings. The molecule has 0 saturated carbocycles.